The molecule has 1 aliphatic carbocycles. The van der Waals surface area contributed by atoms with E-state index in [-0.39, 0.29) is 5.91 Å². The number of nitrogens with one attached hydrogen (secondary N) is 1. The molecule has 12 heavy (non-hydrogen) atoms. The lowest BCUT2D eigenvalue weighted by Gasteiger charge is -2.29. The molecule has 2 atom stereocenters. The first kappa shape index (κ1) is 10.0. The van der Waals surface area contributed by atoms with Crippen LogP contribution in [0.25, 0.3) is 0 Å². The molecule has 0 aliphatic heterocycles. The number of hydrogen-bond donors (Lipinski definition) is 1. The van der Waals surface area contributed by atoms with Crippen LogP contribution in [0.4, 0.5) is 0 Å². The first-order valence-electron chi connectivity index (χ1n) is 4.59. The monoisotopic (exact) mass is 233 g/mol. The van der Waals surface area contributed by atoms with Crippen molar-refractivity contribution in [2.75, 3.05) is 5.33 Å². The molecule has 2 nitrogen and oxygen atoms in total. The number of halogens is 1. The second kappa shape index (κ2) is 4.85. The molecule has 0 radical (unpaired) electrons. The van der Waals surface area contributed by atoms with Gasteiger partial charge in [-0.15, -0.1) is 0 Å². The molecule has 0 spiro atoms. The van der Waals surface area contributed by atoms with Gasteiger partial charge >= 0.3 is 0 Å². The molecule has 1 saturated carbocycles. The number of carbonyl (C=O) groups excluding carboxylic acids is 1. The van der Waals surface area contributed by atoms with Crippen LogP contribution in [0.2, 0.25) is 0 Å². The zero-order chi connectivity index (χ0) is 8.97. The fourth-order valence-electron chi connectivity index (χ4n) is 1.78. The van der Waals surface area contributed by atoms with E-state index in [0.717, 1.165) is 6.42 Å². The van der Waals surface area contributed by atoms with Crippen LogP contribution in [0, 0.1) is 5.92 Å². The van der Waals surface area contributed by atoms with Crippen LogP contribution in [-0.2, 0) is 4.79 Å². The molecule has 0 saturated heterocycles. The Balaban J connectivity index is 2.33. The summed E-state index contributed by atoms with van der Waals surface area (Å²) in [7, 11) is 0. The predicted molar refractivity (Wildman–Crippen MR) is 53.4 cm³/mol. The number of amides is 1. The molecule has 0 aromatic carbocycles. The van der Waals surface area contributed by atoms with Crippen molar-refractivity contribution in [3.8, 4) is 0 Å². The summed E-state index contributed by atoms with van der Waals surface area (Å²) >= 11 is 3.15. The predicted octanol–water partition coefficient (Wildman–Crippen LogP) is 2.08. The smallest absolute Gasteiger partial charge is 0.230 e. The summed E-state index contributed by atoms with van der Waals surface area (Å²) in [6.07, 6.45) is 4.99. The highest BCUT2D eigenvalue weighted by Gasteiger charge is 2.21. The Hall–Kier alpha value is -0.0500. The SMILES string of the molecule is CC1CCCCC1NC(=O)CBr. The lowest BCUT2D eigenvalue weighted by Crippen LogP contribution is -2.41. The van der Waals surface area contributed by atoms with Crippen LogP contribution >= 0.6 is 15.9 Å². The Morgan fingerprint density at radius 3 is 2.75 bits per heavy atom. The first-order chi connectivity index (χ1) is 5.74. The summed E-state index contributed by atoms with van der Waals surface area (Å²) in [5, 5.41) is 3.46. The van der Waals surface area contributed by atoms with Crippen molar-refractivity contribution in [2.24, 2.45) is 5.92 Å². The van der Waals surface area contributed by atoms with Gasteiger partial charge in [-0.25, -0.2) is 0 Å². The van der Waals surface area contributed by atoms with Crippen LogP contribution in [0.5, 0.6) is 0 Å². The molecule has 3 heteroatoms. The summed E-state index contributed by atoms with van der Waals surface area (Å²) in [4.78, 5) is 11.1. The highest BCUT2D eigenvalue weighted by atomic mass is 79.9. The van der Waals surface area contributed by atoms with Crippen molar-refractivity contribution in [3.05, 3.63) is 0 Å². The van der Waals surface area contributed by atoms with Gasteiger partial charge in [0.15, 0.2) is 0 Å². The van der Waals surface area contributed by atoms with Crippen molar-refractivity contribution in [2.45, 2.75) is 38.6 Å². The molecule has 1 N–H and O–H groups in total. The van der Waals surface area contributed by atoms with Crippen molar-refractivity contribution < 1.29 is 4.79 Å². The van der Waals surface area contributed by atoms with Gasteiger partial charge in [-0.1, -0.05) is 35.7 Å². The molecule has 1 rings (SSSR count). The zero-order valence-electron chi connectivity index (χ0n) is 7.48. The summed E-state index contributed by atoms with van der Waals surface area (Å²) in [5.74, 6) is 0.774. The van der Waals surface area contributed by atoms with Crippen LogP contribution < -0.4 is 5.32 Å². The number of alkyl halides is 1. The van der Waals surface area contributed by atoms with E-state index in [1.54, 1.807) is 0 Å². The third kappa shape index (κ3) is 2.77. The summed E-state index contributed by atoms with van der Waals surface area (Å²) in [6, 6.07) is 0.420. The molecule has 0 heterocycles. The van der Waals surface area contributed by atoms with E-state index in [9.17, 15) is 4.79 Å². The lowest BCUT2D eigenvalue weighted by molar-refractivity contribution is -0.119. The maximum absolute atomic E-state index is 11.1. The summed E-state index contributed by atoms with van der Waals surface area (Å²) in [6.45, 7) is 2.22. The number of carbonyl (C=O) groups is 1. The molecular weight excluding hydrogens is 218 g/mol. The molecular formula is C9H16BrNO. The van der Waals surface area contributed by atoms with E-state index in [2.05, 4.69) is 28.2 Å². The molecule has 1 fully saturated rings. The van der Waals surface area contributed by atoms with Gasteiger partial charge in [0.25, 0.3) is 0 Å². The zero-order valence-corrected chi connectivity index (χ0v) is 9.06. The molecule has 0 bridgehead atoms. The molecule has 2 unspecified atom stereocenters. The van der Waals surface area contributed by atoms with Gasteiger partial charge in [0.1, 0.15) is 0 Å². The van der Waals surface area contributed by atoms with Crippen molar-refractivity contribution >= 4 is 21.8 Å². The highest BCUT2D eigenvalue weighted by molar-refractivity contribution is 9.09. The third-order valence-corrected chi connectivity index (χ3v) is 3.09. The van der Waals surface area contributed by atoms with E-state index in [4.69, 9.17) is 0 Å². The summed E-state index contributed by atoms with van der Waals surface area (Å²) < 4.78 is 0. The van der Waals surface area contributed by atoms with E-state index in [1.165, 1.54) is 19.3 Å². The van der Waals surface area contributed by atoms with Gasteiger partial charge in [0.2, 0.25) is 5.91 Å². The molecule has 0 aromatic rings. The molecule has 1 amide bonds. The van der Waals surface area contributed by atoms with Gasteiger partial charge in [0.05, 0.1) is 5.33 Å². The minimum Gasteiger partial charge on any atom is -0.352 e. The molecule has 0 aromatic heterocycles. The van der Waals surface area contributed by atoms with E-state index >= 15 is 0 Å². The Morgan fingerprint density at radius 2 is 2.17 bits per heavy atom. The third-order valence-electron chi connectivity index (χ3n) is 2.58. The quantitative estimate of drug-likeness (QED) is 0.728. The normalized spacial score (nSPS) is 29.8. The van der Waals surface area contributed by atoms with Gasteiger partial charge in [-0.2, -0.15) is 0 Å². The fraction of sp³-hybridized carbons (Fsp3) is 0.889. The Bertz CT molecular complexity index is 161. The van der Waals surface area contributed by atoms with Crippen molar-refractivity contribution in [3.63, 3.8) is 0 Å². The highest BCUT2D eigenvalue weighted by Crippen LogP contribution is 2.23. The molecule has 1 aliphatic rings. The van der Waals surface area contributed by atoms with Crippen molar-refractivity contribution in [1.82, 2.24) is 5.32 Å². The van der Waals surface area contributed by atoms with E-state index in [1.807, 2.05) is 0 Å². The van der Waals surface area contributed by atoms with E-state index in [0.29, 0.717) is 17.3 Å². The minimum absolute atomic E-state index is 0.119. The first-order valence-corrected chi connectivity index (χ1v) is 5.71. The lowest BCUT2D eigenvalue weighted by atomic mass is 9.86. The maximum Gasteiger partial charge on any atom is 0.230 e. The van der Waals surface area contributed by atoms with Gasteiger partial charge in [0, 0.05) is 6.04 Å². The Morgan fingerprint density at radius 1 is 1.50 bits per heavy atom. The second-order valence-corrected chi connectivity index (χ2v) is 4.13. The molecule has 70 valence electrons. The van der Waals surface area contributed by atoms with Crippen LogP contribution in [-0.4, -0.2) is 17.3 Å². The standard InChI is InChI=1S/C9H16BrNO/c1-7-4-2-3-5-8(7)11-9(12)6-10/h7-8H,2-6H2,1H3,(H,11,12). The average molecular weight is 234 g/mol. The fourth-order valence-corrected chi connectivity index (χ4v) is 1.94. The number of hydrogen-bond acceptors (Lipinski definition) is 1. The van der Waals surface area contributed by atoms with Crippen LogP contribution in [0.3, 0.4) is 0 Å². The minimum atomic E-state index is 0.119. The maximum atomic E-state index is 11.1. The van der Waals surface area contributed by atoms with Crippen LogP contribution in [0.15, 0.2) is 0 Å². The largest absolute Gasteiger partial charge is 0.352 e. The summed E-state index contributed by atoms with van der Waals surface area (Å²) in [5.41, 5.74) is 0. The number of rotatable bonds is 2. The Kier molecular flexibility index (Phi) is 4.06. The van der Waals surface area contributed by atoms with Gasteiger partial charge < -0.3 is 5.32 Å². The van der Waals surface area contributed by atoms with Crippen molar-refractivity contribution in [1.29, 1.82) is 0 Å². The Labute approximate surface area is 82.2 Å². The van der Waals surface area contributed by atoms with Gasteiger partial charge in [-0.3, -0.25) is 4.79 Å². The average Bonchev–Trinajstić information content (AvgIpc) is 2.09. The van der Waals surface area contributed by atoms with Gasteiger partial charge in [-0.05, 0) is 18.8 Å². The van der Waals surface area contributed by atoms with E-state index < -0.39 is 0 Å². The second-order valence-electron chi connectivity index (χ2n) is 3.57. The van der Waals surface area contributed by atoms with Crippen LogP contribution in [0.1, 0.15) is 32.6 Å². The topological polar surface area (TPSA) is 29.1 Å².